The van der Waals surface area contributed by atoms with Crippen LogP contribution in [-0.4, -0.2) is 11.1 Å². The minimum absolute atomic E-state index is 0.208. The van der Waals surface area contributed by atoms with Gasteiger partial charge in [-0.25, -0.2) is 4.79 Å². The predicted octanol–water partition coefficient (Wildman–Crippen LogP) is 6.25. The van der Waals surface area contributed by atoms with Crippen molar-refractivity contribution in [2.24, 2.45) is 0 Å². The average Bonchev–Trinajstić information content (AvgIpc) is 2.71. The van der Waals surface area contributed by atoms with E-state index in [9.17, 15) is 4.79 Å². The third-order valence-electron chi connectivity index (χ3n) is 4.09. The molecule has 0 atom stereocenters. The highest BCUT2D eigenvalue weighted by molar-refractivity contribution is 6.31. The van der Waals surface area contributed by atoms with E-state index in [1.165, 1.54) is 6.08 Å². The van der Waals surface area contributed by atoms with Gasteiger partial charge < -0.3 is 14.6 Å². The second kappa shape index (κ2) is 10.0. The number of hydrogen-bond acceptors (Lipinski definition) is 3. The van der Waals surface area contributed by atoms with Gasteiger partial charge in [0.25, 0.3) is 0 Å². The summed E-state index contributed by atoms with van der Waals surface area (Å²) in [4.78, 5) is 11.0. The summed E-state index contributed by atoms with van der Waals surface area (Å²) in [6.45, 7) is 0.453. The Morgan fingerprint density at radius 2 is 1.41 bits per heavy atom. The lowest BCUT2D eigenvalue weighted by Gasteiger charge is -2.16. The first-order valence-electron chi connectivity index (χ1n) is 8.81. The van der Waals surface area contributed by atoms with E-state index in [0.29, 0.717) is 27.1 Å². The minimum Gasteiger partial charge on any atom is -0.485 e. The highest BCUT2D eigenvalue weighted by atomic mass is 35.5. The quantitative estimate of drug-likeness (QED) is 0.430. The zero-order valence-electron chi connectivity index (χ0n) is 15.3. The van der Waals surface area contributed by atoms with E-state index in [-0.39, 0.29) is 13.2 Å². The van der Waals surface area contributed by atoms with Crippen molar-refractivity contribution < 1.29 is 19.4 Å². The van der Waals surface area contributed by atoms with Crippen molar-refractivity contribution in [2.45, 2.75) is 13.2 Å². The van der Waals surface area contributed by atoms with Gasteiger partial charge in [-0.3, -0.25) is 0 Å². The number of carboxylic acid groups (broad SMARTS) is 1. The van der Waals surface area contributed by atoms with Crippen LogP contribution in [-0.2, 0) is 18.0 Å². The fourth-order valence-corrected chi connectivity index (χ4v) is 3.01. The smallest absolute Gasteiger partial charge is 0.328 e. The Hall–Kier alpha value is -2.95. The molecule has 0 bridgehead atoms. The number of aliphatic carboxylic acids is 1. The molecule has 0 aliphatic heterocycles. The molecule has 0 unspecified atom stereocenters. The Balaban J connectivity index is 1.88. The zero-order valence-corrected chi connectivity index (χ0v) is 16.9. The molecule has 0 aliphatic rings. The maximum absolute atomic E-state index is 11.0. The van der Waals surface area contributed by atoms with Crippen LogP contribution < -0.4 is 9.47 Å². The first-order valence-corrected chi connectivity index (χ1v) is 9.56. The topological polar surface area (TPSA) is 55.8 Å². The van der Waals surface area contributed by atoms with Gasteiger partial charge in [0.2, 0.25) is 0 Å². The maximum atomic E-state index is 11.0. The Bertz CT molecular complexity index is 1030. The molecule has 0 aliphatic carbocycles. The normalized spacial score (nSPS) is 10.8. The third-order valence-corrected chi connectivity index (χ3v) is 4.82. The van der Waals surface area contributed by atoms with E-state index in [2.05, 4.69) is 0 Å². The Kier molecular flexibility index (Phi) is 7.17. The van der Waals surface area contributed by atoms with E-state index >= 15 is 0 Å². The van der Waals surface area contributed by atoms with Gasteiger partial charge in [-0.15, -0.1) is 0 Å². The molecule has 0 amide bonds. The Morgan fingerprint density at radius 1 is 0.828 bits per heavy atom. The van der Waals surface area contributed by atoms with Crippen molar-refractivity contribution in [3.05, 3.63) is 99.5 Å². The van der Waals surface area contributed by atoms with Gasteiger partial charge in [-0.05, 0) is 24.3 Å². The van der Waals surface area contributed by atoms with Crippen LogP contribution in [0, 0.1) is 0 Å². The molecule has 0 radical (unpaired) electrons. The van der Waals surface area contributed by atoms with Crippen LogP contribution in [0.15, 0.2) is 72.8 Å². The highest BCUT2D eigenvalue weighted by Gasteiger charge is 2.12. The molecule has 3 aromatic rings. The van der Waals surface area contributed by atoms with Crippen LogP contribution in [0.25, 0.3) is 6.08 Å². The Morgan fingerprint density at radius 3 is 2.00 bits per heavy atom. The van der Waals surface area contributed by atoms with Gasteiger partial charge >= 0.3 is 5.97 Å². The van der Waals surface area contributed by atoms with E-state index in [0.717, 1.165) is 17.2 Å². The van der Waals surface area contributed by atoms with Crippen LogP contribution in [0.5, 0.6) is 11.5 Å². The number of ether oxygens (including phenoxy) is 2. The van der Waals surface area contributed by atoms with Gasteiger partial charge in [0.15, 0.2) is 11.5 Å². The molecule has 1 N–H and O–H groups in total. The lowest BCUT2D eigenvalue weighted by molar-refractivity contribution is -0.131. The summed E-state index contributed by atoms with van der Waals surface area (Å²) < 4.78 is 11.9. The van der Waals surface area contributed by atoms with Gasteiger partial charge in [-0.1, -0.05) is 71.7 Å². The lowest BCUT2D eigenvalue weighted by Crippen LogP contribution is -2.03. The molecule has 29 heavy (non-hydrogen) atoms. The molecule has 148 valence electrons. The molecule has 0 fully saturated rings. The summed E-state index contributed by atoms with van der Waals surface area (Å²) in [5, 5.41) is 10.2. The number of hydrogen-bond donors (Lipinski definition) is 1. The molecule has 0 aromatic heterocycles. The van der Waals surface area contributed by atoms with Crippen LogP contribution in [0.4, 0.5) is 0 Å². The molecule has 3 rings (SSSR count). The number of rotatable bonds is 8. The molecule has 0 saturated heterocycles. The van der Waals surface area contributed by atoms with E-state index in [1.807, 2.05) is 36.4 Å². The summed E-state index contributed by atoms with van der Waals surface area (Å²) in [7, 11) is 0. The largest absolute Gasteiger partial charge is 0.485 e. The van der Waals surface area contributed by atoms with E-state index in [1.54, 1.807) is 30.3 Å². The molecule has 4 nitrogen and oxygen atoms in total. The van der Waals surface area contributed by atoms with Crippen molar-refractivity contribution in [3.8, 4) is 11.5 Å². The maximum Gasteiger partial charge on any atom is 0.328 e. The SMILES string of the molecule is O=C(O)/C=C/c1cccc(OCc2ccccc2Cl)c1OCc1ccccc1Cl. The standard InChI is InChI=1S/C23H18Cl2O4/c24-19-9-3-1-6-17(19)14-28-21-11-5-8-16(12-13-22(26)27)23(21)29-15-18-7-2-4-10-20(18)25/h1-13H,14-15H2,(H,26,27)/b13-12+. The minimum atomic E-state index is -1.05. The van der Waals surface area contributed by atoms with E-state index in [4.69, 9.17) is 37.8 Å². The number of halogens is 2. The monoisotopic (exact) mass is 428 g/mol. The van der Waals surface area contributed by atoms with Gasteiger partial charge in [0, 0.05) is 32.8 Å². The van der Waals surface area contributed by atoms with Crippen molar-refractivity contribution in [1.82, 2.24) is 0 Å². The summed E-state index contributed by atoms with van der Waals surface area (Å²) in [5.74, 6) is -0.147. The molecular weight excluding hydrogens is 411 g/mol. The zero-order chi connectivity index (χ0) is 20.6. The number of carboxylic acids is 1. The summed E-state index contributed by atoms with van der Waals surface area (Å²) in [6.07, 6.45) is 2.52. The molecule has 0 spiro atoms. The van der Waals surface area contributed by atoms with Crippen molar-refractivity contribution in [3.63, 3.8) is 0 Å². The first-order chi connectivity index (χ1) is 14.0. The van der Waals surface area contributed by atoms with Gasteiger partial charge in [0.1, 0.15) is 13.2 Å². The highest BCUT2D eigenvalue weighted by Crippen LogP contribution is 2.34. The van der Waals surface area contributed by atoms with Crippen LogP contribution in [0.2, 0.25) is 10.0 Å². The first kappa shape index (κ1) is 20.8. The van der Waals surface area contributed by atoms with Crippen molar-refractivity contribution in [1.29, 1.82) is 0 Å². The molecule has 6 heteroatoms. The molecule has 3 aromatic carbocycles. The number of carbonyl (C=O) groups is 1. The Labute approximate surface area is 178 Å². The predicted molar refractivity (Wildman–Crippen MR) is 115 cm³/mol. The average molecular weight is 429 g/mol. The summed E-state index contributed by atoms with van der Waals surface area (Å²) in [5.41, 5.74) is 2.22. The lowest BCUT2D eigenvalue weighted by atomic mass is 10.1. The van der Waals surface area contributed by atoms with Gasteiger partial charge in [-0.2, -0.15) is 0 Å². The van der Waals surface area contributed by atoms with Crippen LogP contribution >= 0.6 is 23.2 Å². The molecular formula is C23H18Cl2O4. The number of para-hydroxylation sites is 1. The second-order valence-corrected chi connectivity index (χ2v) is 6.92. The van der Waals surface area contributed by atoms with Gasteiger partial charge in [0.05, 0.1) is 0 Å². The van der Waals surface area contributed by atoms with Crippen LogP contribution in [0.1, 0.15) is 16.7 Å². The fourth-order valence-electron chi connectivity index (χ4n) is 2.63. The number of benzene rings is 3. The van der Waals surface area contributed by atoms with Crippen LogP contribution in [0.3, 0.4) is 0 Å². The summed E-state index contributed by atoms with van der Waals surface area (Å²) >= 11 is 12.4. The fraction of sp³-hybridized carbons (Fsp3) is 0.0870. The third kappa shape index (κ3) is 5.76. The van der Waals surface area contributed by atoms with Crippen molar-refractivity contribution in [2.75, 3.05) is 0 Å². The second-order valence-electron chi connectivity index (χ2n) is 6.11. The van der Waals surface area contributed by atoms with Crippen molar-refractivity contribution >= 4 is 35.2 Å². The van der Waals surface area contributed by atoms with E-state index < -0.39 is 5.97 Å². The summed E-state index contributed by atoms with van der Waals surface area (Å²) in [6, 6.07) is 20.0. The molecule has 0 saturated carbocycles. The molecule has 0 heterocycles.